The number of methoxy groups -OCH3 is 1. The Morgan fingerprint density at radius 3 is 2.67 bits per heavy atom. The van der Waals surface area contributed by atoms with Gasteiger partial charge in [-0.1, -0.05) is 6.92 Å². The summed E-state index contributed by atoms with van der Waals surface area (Å²) >= 11 is 0. The van der Waals surface area contributed by atoms with Gasteiger partial charge in [-0.15, -0.1) is 0 Å². The number of anilines is 1. The van der Waals surface area contributed by atoms with Gasteiger partial charge in [-0.3, -0.25) is 9.52 Å². The third kappa shape index (κ3) is 6.08. The summed E-state index contributed by atoms with van der Waals surface area (Å²) in [5, 5.41) is 3.40. The highest BCUT2D eigenvalue weighted by Crippen LogP contribution is 2.26. The molecule has 152 valence electrons. The first-order chi connectivity index (χ1) is 12.6. The molecule has 0 aliphatic carbocycles. The predicted molar refractivity (Wildman–Crippen MR) is 105 cm³/mol. The normalized spacial score (nSPS) is 25.0. The highest BCUT2D eigenvalue weighted by molar-refractivity contribution is 7.92. The number of benzene rings is 1. The van der Waals surface area contributed by atoms with Crippen LogP contribution in [-0.2, 0) is 14.8 Å². The molecule has 0 radical (unpaired) electrons. The zero-order chi connectivity index (χ0) is 20.2. The molecule has 1 aromatic rings. The summed E-state index contributed by atoms with van der Waals surface area (Å²) in [6.07, 6.45) is 0.971. The molecule has 2 rings (SSSR count). The number of hydrogen-bond donors (Lipinski definition) is 2. The van der Waals surface area contributed by atoms with Crippen LogP contribution in [0.25, 0.3) is 0 Å². The van der Waals surface area contributed by atoms with Crippen LogP contribution >= 0.6 is 0 Å². The van der Waals surface area contributed by atoms with Gasteiger partial charge in [0.05, 0.1) is 23.6 Å². The minimum atomic E-state index is -3.43. The Morgan fingerprint density at radius 2 is 2.04 bits per heavy atom. The summed E-state index contributed by atoms with van der Waals surface area (Å²) < 4.78 is 36.8. The molecule has 1 aliphatic rings. The number of rotatable bonds is 3. The van der Waals surface area contributed by atoms with Crippen molar-refractivity contribution >= 4 is 21.6 Å². The van der Waals surface area contributed by atoms with E-state index in [1.807, 2.05) is 6.92 Å². The van der Waals surface area contributed by atoms with Gasteiger partial charge in [-0.25, -0.2) is 8.42 Å². The molecule has 9 heteroatoms. The highest BCUT2D eigenvalue weighted by atomic mass is 32.2. The molecule has 0 spiro atoms. The number of nitrogens with one attached hydrogen (secondary N) is 2. The number of carbonyl (C=O) groups excluding carboxylic acids is 1. The molecule has 27 heavy (non-hydrogen) atoms. The van der Waals surface area contributed by atoms with Gasteiger partial charge in [0, 0.05) is 39.4 Å². The van der Waals surface area contributed by atoms with Crippen LogP contribution in [0, 0.1) is 5.92 Å². The predicted octanol–water partition coefficient (Wildman–Crippen LogP) is 1.15. The zero-order valence-corrected chi connectivity index (χ0v) is 17.3. The zero-order valence-electron chi connectivity index (χ0n) is 16.5. The Hall–Kier alpha value is -1.84. The molecule has 8 nitrogen and oxygen atoms in total. The summed E-state index contributed by atoms with van der Waals surface area (Å²) in [4.78, 5) is 14.5. The second kappa shape index (κ2) is 8.90. The van der Waals surface area contributed by atoms with Gasteiger partial charge in [0.25, 0.3) is 5.91 Å². The smallest absolute Gasteiger partial charge is 0.257 e. The van der Waals surface area contributed by atoms with Crippen molar-refractivity contribution in [2.24, 2.45) is 5.92 Å². The summed E-state index contributed by atoms with van der Waals surface area (Å²) in [5.41, 5.74) is 0.731. The quantitative estimate of drug-likeness (QED) is 0.792. The number of carbonyl (C=O) groups is 1. The first-order valence-corrected chi connectivity index (χ1v) is 10.8. The van der Waals surface area contributed by atoms with E-state index in [0.29, 0.717) is 30.2 Å². The molecule has 0 aromatic heterocycles. The molecule has 1 heterocycles. The Kier molecular flexibility index (Phi) is 7.07. The van der Waals surface area contributed by atoms with Gasteiger partial charge in [-0.05, 0) is 25.0 Å². The number of hydrogen-bond acceptors (Lipinski definition) is 6. The summed E-state index contributed by atoms with van der Waals surface area (Å²) in [7, 11) is -0.0600. The van der Waals surface area contributed by atoms with Crippen molar-refractivity contribution in [3.63, 3.8) is 0 Å². The van der Waals surface area contributed by atoms with Crippen molar-refractivity contribution in [1.29, 1.82) is 0 Å². The maximum Gasteiger partial charge on any atom is 0.257 e. The van der Waals surface area contributed by atoms with Crippen molar-refractivity contribution in [2.45, 2.75) is 26.0 Å². The first kappa shape index (κ1) is 21.5. The van der Waals surface area contributed by atoms with E-state index in [2.05, 4.69) is 17.0 Å². The lowest BCUT2D eigenvalue weighted by molar-refractivity contribution is 0.0281. The van der Waals surface area contributed by atoms with Crippen LogP contribution in [0.1, 0.15) is 24.2 Å². The third-order valence-electron chi connectivity index (χ3n) is 4.53. The van der Waals surface area contributed by atoms with E-state index in [9.17, 15) is 13.2 Å². The molecule has 3 atom stereocenters. The van der Waals surface area contributed by atoms with Crippen molar-refractivity contribution in [3.05, 3.63) is 23.8 Å². The maximum atomic E-state index is 12.9. The van der Waals surface area contributed by atoms with Crippen LogP contribution in [0.15, 0.2) is 18.2 Å². The van der Waals surface area contributed by atoms with Gasteiger partial charge in [0.2, 0.25) is 10.0 Å². The number of sulfonamides is 1. The van der Waals surface area contributed by atoms with Crippen LogP contribution in [0.2, 0.25) is 0 Å². The fraction of sp³-hybridized carbons (Fsp3) is 0.611. The van der Waals surface area contributed by atoms with Gasteiger partial charge < -0.3 is 19.7 Å². The van der Waals surface area contributed by atoms with E-state index in [1.54, 1.807) is 31.2 Å². The topological polar surface area (TPSA) is 97.0 Å². The minimum Gasteiger partial charge on any atom is -0.491 e. The van der Waals surface area contributed by atoms with Crippen LogP contribution in [0.4, 0.5) is 5.69 Å². The van der Waals surface area contributed by atoms with Crippen LogP contribution in [-0.4, -0.2) is 71.5 Å². The standard InChI is InChI=1S/C18H29N3O5S/c1-12-9-19-13(2)11-26-16-8-14(20-27(5,23)24)6-7-15(16)18(22)21(3)10-17(12)25-4/h6-8,12-13,17,19-20H,9-11H2,1-5H3/t12-,13-,17-/m1/s1. The molecule has 0 bridgehead atoms. The lowest BCUT2D eigenvalue weighted by Crippen LogP contribution is -2.44. The van der Waals surface area contributed by atoms with Crippen LogP contribution in [0.5, 0.6) is 5.75 Å². The molecule has 1 amide bonds. The average Bonchev–Trinajstić information content (AvgIpc) is 2.59. The fourth-order valence-corrected chi connectivity index (χ4v) is 3.49. The van der Waals surface area contributed by atoms with Gasteiger partial charge in [0.1, 0.15) is 12.4 Å². The molecule has 0 saturated carbocycles. The molecular weight excluding hydrogens is 370 g/mol. The van der Waals surface area contributed by atoms with E-state index in [0.717, 1.165) is 12.8 Å². The Bertz CT molecular complexity index is 768. The Morgan fingerprint density at radius 1 is 1.33 bits per heavy atom. The summed E-state index contributed by atoms with van der Waals surface area (Å²) in [6, 6.07) is 4.73. The first-order valence-electron chi connectivity index (χ1n) is 8.87. The summed E-state index contributed by atoms with van der Waals surface area (Å²) in [6.45, 7) is 5.59. The Labute approximate surface area is 161 Å². The van der Waals surface area contributed by atoms with E-state index in [1.165, 1.54) is 6.07 Å². The van der Waals surface area contributed by atoms with E-state index < -0.39 is 10.0 Å². The molecule has 1 aliphatic heterocycles. The number of amides is 1. The average molecular weight is 400 g/mol. The van der Waals surface area contributed by atoms with Crippen molar-refractivity contribution in [1.82, 2.24) is 10.2 Å². The fourth-order valence-electron chi connectivity index (χ4n) is 2.93. The number of fused-ring (bicyclic) bond motifs is 1. The number of nitrogens with zero attached hydrogens (tertiary/aromatic N) is 1. The number of ether oxygens (including phenoxy) is 2. The summed E-state index contributed by atoms with van der Waals surface area (Å²) in [5.74, 6) is 0.357. The Balaban J connectivity index is 2.38. The van der Waals surface area contributed by atoms with Gasteiger partial charge in [0.15, 0.2) is 0 Å². The molecule has 0 unspecified atom stereocenters. The second-order valence-corrected chi connectivity index (χ2v) is 8.89. The van der Waals surface area contributed by atoms with Crippen LogP contribution in [0.3, 0.4) is 0 Å². The van der Waals surface area contributed by atoms with Crippen LogP contribution < -0.4 is 14.8 Å². The molecule has 0 fully saturated rings. The molecule has 0 saturated heterocycles. The lowest BCUT2D eigenvalue weighted by atomic mass is 10.0. The van der Waals surface area contributed by atoms with Crippen molar-refractivity contribution < 1.29 is 22.7 Å². The van der Waals surface area contributed by atoms with E-state index >= 15 is 0 Å². The highest BCUT2D eigenvalue weighted by Gasteiger charge is 2.25. The van der Waals surface area contributed by atoms with Crippen molar-refractivity contribution in [3.8, 4) is 5.75 Å². The minimum absolute atomic E-state index is 0.0524. The lowest BCUT2D eigenvalue weighted by Gasteiger charge is -2.30. The van der Waals surface area contributed by atoms with E-state index in [4.69, 9.17) is 9.47 Å². The second-order valence-electron chi connectivity index (χ2n) is 7.14. The van der Waals surface area contributed by atoms with Crippen molar-refractivity contribution in [2.75, 3.05) is 44.8 Å². The largest absolute Gasteiger partial charge is 0.491 e. The maximum absolute atomic E-state index is 12.9. The monoisotopic (exact) mass is 399 g/mol. The number of likely N-dealkylation sites (N-methyl/N-ethyl adjacent to an activating group) is 1. The van der Waals surface area contributed by atoms with Gasteiger partial charge >= 0.3 is 0 Å². The molecule has 2 N–H and O–H groups in total. The molecule has 1 aromatic carbocycles. The third-order valence-corrected chi connectivity index (χ3v) is 5.14. The molecular formula is C18H29N3O5S. The van der Waals surface area contributed by atoms with E-state index in [-0.39, 0.29) is 24.0 Å². The SMILES string of the molecule is CO[C@@H]1CN(C)C(=O)c2ccc(NS(C)(=O)=O)cc2OC[C@@H](C)NC[C@H]1C. The van der Waals surface area contributed by atoms with Gasteiger partial charge in [-0.2, -0.15) is 0 Å².